The van der Waals surface area contributed by atoms with Crippen molar-refractivity contribution in [2.24, 2.45) is 0 Å². The van der Waals surface area contributed by atoms with Crippen LogP contribution < -0.4 is 10.1 Å². The molecule has 0 saturated heterocycles. The molecule has 0 bridgehead atoms. The van der Waals surface area contributed by atoms with E-state index in [0.717, 1.165) is 36.3 Å². The van der Waals surface area contributed by atoms with Gasteiger partial charge in [-0.3, -0.25) is 15.2 Å². The molecule has 0 unspecified atom stereocenters. The zero-order valence-electron chi connectivity index (χ0n) is 13.1. The Labute approximate surface area is 142 Å². The lowest BCUT2D eigenvalue weighted by Crippen LogP contribution is -2.12. The number of nitrogens with zero attached hydrogens (tertiary/aromatic N) is 2. The fourth-order valence-electron chi connectivity index (χ4n) is 2.78. The van der Waals surface area contributed by atoms with E-state index in [-0.39, 0.29) is 5.91 Å². The number of carbonyl (C=O) groups excluding carboxylic acids is 1. The van der Waals surface area contributed by atoms with E-state index in [0.29, 0.717) is 16.5 Å². The molecule has 0 aliphatic heterocycles. The second-order valence-electron chi connectivity index (χ2n) is 5.60. The maximum Gasteiger partial charge on any atom is 0.275 e. The lowest BCUT2D eigenvalue weighted by molar-refractivity contribution is 0.102. The zero-order valence-corrected chi connectivity index (χ0v) is 13.9. The largest absolute Gasteiger partial charge is 0.497 e. The molecular formula is C17H16N4O2S. The van der Waals surface area contributed by atoms with Gasteiger partial charge in [-0.25, -0.2) is 4.98 Å². The van der Waals surface area contributed by atoms with Gasteiger partial charge in [-0.2, -0.15) is 5.10 Å². The van der Waals surface area contributed by atoms with E-state index in [9.17, 15) is 4.79 Å². The van der Waals surface area contributed by atoms with Gasteiger partial charge in [0.1, 0.15) is 11.4 Å². The fraction of sp³-hybridized carbons (Fsp3) is 0.235. The predicted molar refractivity (Wildman–Crippen MR) is 92.7 cm³/mol. The van der Waals surface area contributed by atoms with E-state index in [2.05, 4.69) is 20.5 Å². The summed E-state index contributed by atoms with van der Waals surface area (Å²) in [6.45, 7) is 0. The number of thiazole rings is 1. The van der Waals surface area contributed by atoms with Crippen molar-refractivity contribution in [3.05, 3.63) is 46.6 Å². The number of aromatic amines is 1. The number of carbonyl (C=O) groups is 1. The Morgan fingerprint density at radius 1 is 1.33 bits per heavy atom. The minimum Gasteiger partial charge on any atom is -0.497 e. The number of hydrogen-bond donors (Lipinski definition) is 2. The third-order valence-electron chi connectivity index (χ3n) is 4.00. The Hall–Kier alpha value is -2.67. The molecule has 24 heavy (non-hydrogen) atoms. The van der Waals surface area contributed by atoms with Crippen LogP contribution in [0.5, 0.6) is 5.75 Å². The SMILES string of the molecule is COc1cccc(-c2cc(C(=O)Nc3nc4c(s3)CCC4)[nH]n2)c1. The van der Waals surface area contributed by atoms with Gasteiger partial charge in [-0.05, 0) is 37.5 Å². The molecule has 122 valence electrons. The molecule has 0 spiro atoms. The Balaban J connectivity index is 1.52. The normalized spacial score (nSPS) is 12.9. The van der Waals surface area contributed by atoms with E-state index < -0.39 is 0 Å². The molecule has 1 amide bonds. The number of fused-ring (bicyclic) bond motifs is 1. The van der Waals surface area contributed by atoms with Gasteiger partial charge >= 0.3 is 0 Å². The van der Waals surface area contributed by atoms with E-state index >= 15 is 0 Å². The minimum absolute atomic E-state index is 0.232. The van der Waals surface area contributed by atoms with Gasteiger partial charge in [0, 0.05) is 10.4 Å². The summed E-state index contributed by atoms with van der Waals surface area (Å²) in [7, 11) is 1.62. The number of hydrogen-bond acceptors (Lipinski definition) is 5. The molecule has 0 saturated carbocycles. The molecule has 1 aliphatic rings. The monoisotopic (exact) mass is 340 g/mol. The number of ether oxygens (including phenoxy) is 1. The Bertz CT molecular complexity index is 878. The maximum absolute atomic E-state index is 12.4. The number of aromatic nitrogens is 3. The Kier molecular flexibility index (Phi) is 3.78. The van der Waals surface area contributed by atoms with Gasteiger partial charge in [0.25, 0.3) is 5.91 Å². The van der Waals surface area contributed by atoms with E-state index in [1.165, 1.54) is 4.88 Å². The van der Waals surface area contributed by atoms with Crippen LogP contribution >= 0.6 is 11.3 Å². The number of rotatable bonds is 4. The van der Waals surface area contributed by atoms with E-state index in [4.69, 9.17) is 4.74 Å². The number of methoxy groups -OCH3 is 1. The molecule has 2 aromatic heterocycles. The third-order valence-corrected chi connectivity index (χ3v) is 5.08. The first-order valence-electron chi connectivity index (χ1n) is 7.72. The molecule has 2 heterocycles. The molecular weight excluding hydrogens is 324 g/mol. The molecule has 2 N–H and O–H groups in total. The predicted octanol–water partition coefficient (Wildman–Crippen LogP) is 3.28. The quantitative estimate of drug-likeness (QED) is 0.764. The summed E-state index contributed by atoms with van der Waals surface area (Å²) in [4.78, 5) is 18.1. The van der Waals surface area contributed by atoms with Crippen LogP contribution in [-0.4, -0.2) is 28.2 Å². The standard InChI is InChI=1S/C17H16N4O2S/c1-23-11-5-2-4-10(8-11)13-9-14(21-20-13)16(22)19-17-18-12-6-3-7-15(12)24-17/h2,4-5,8-9H,3,6-7H2,1H3,(H,20,21)(H,18,19,22). The lowest BCUT2D eigenvalue weighted by Gasteiger charge is -2.01. The first-order valence-corrected chi connectivity index (χ1v) is 8.54. The van der Waals surface area contributed by atoms with Crippen molar-refractivity contribution in [3.8, 4) is 17.0 Å². The molecule has 6 nitrogen and oxygen atoms in total. The first-order chi connectivity index (χ1) is 11.7. The average molecular weight is 340 g/mol. The molecule has 0 atom stereocenters. The average Bonchev–Trinajstić information content (AvgIpc) is 3.30. The van der Waals surface area contributed by atoms with Crippen LogP contribution in [0.1, 0.15) is 27.5 Å². The summed E-state index contributed by atoms with van der Waals surface area (Å²) in [5, 5.41) is 10.5. The van der Waals surface area contributed by atoms with Crippen molar-refractivity contribution in [3.63, 3.8) is 0 Å². The summed E-state index contributed by atoms with van der Waals surface area (Å²) in [5.41, 5.74) is 3.11. The van der Waals surface area contributed by atoms with Crippen LogP contribution in [0, 0.1) is 0 Å². The van der Waals surface area contributed by atoms with Gasteiger partial charge in [-0.15, -0.1) is 11.3 Å². The molecule has 4 rings (SSSR count). The Morgan fingerprint density at radius 3 is 3.08 bits per heavy atom. The molecule has 3 aromatic rings. The topological polar surface area (TPSA) is 79.9 Å². The third kappa shape index (κ3) is 2.78. The van der Waals surface area contributed by atoms with Crippen molar-refractivity contribution in [1.29, 1.82) is 0 Å². The summed E-state index contributed by atoms with van der Waals surface area (Å²) >= 11 is 1.56. The van der Waals surface area contributed by atoms with Crippen LogP contribution in [0.15, 0.2) is 30.3 Å². The van der Waals surface area contributed by atoms with Gasteiger partial charge < -0.3 is 4.74 Å². The molecule has 0 fully saturated rings. The second-order valence-corrected chi connectivity index (χ2v) is 6.68. The number of benzene rings is 1. The summed E-state index contributed by atoms with van der Waals surface area (Å²) in [5.74, 6) is 0.517. The van der Waals surface area contributed by atoms with Crippen LogP contribution in [0.2, 0.25) is 0 Å². The van der Waals surface area contributed by atoms with E-state index in [1.54, 1.807) is 24.5 Å². The number of anilines is 1. The van der Waals surface area contributed by atoms with Crippen molar-refractivity contribution >= 4 is 22.4 Å². The van der Waals surface area contributed by atoms with Crippen LogP contribution in [-0.2, 0) is 12.8 Å². The summed E-state index contributed by atoms with van der Waals surface area (Å²) < 4.78 is 5.22. The molecule has 1 aromatic carbocycles. The maximum atomic E-state index is 12.4. The van der Waals surface area contributed by atoms with Crippen LogP contribution in [0.25, 0.3) is 11.3 Å². The highest BCUT2D eigenvalue weighted by molar-refractivity contribution is 7.15. The number of aryl methyl sites for hydroxylation is 2. The minimum atomic E-state index is -0.232. The van der Waals surface area contributed by atoms with Gasteiger partial charge in [0.05, 0.1) is 18.5 Å². The molecule has 1 aliphatic carbocycles. The Morgan fingerprint density at radius 2 is 2.25 bits per heavy atom. The van der Waals surface area contributed by atoms with Gasteiger partial charge in [0.15, 0.2) is 5.13 Å². The highest BCUT2D eigenvalue weighted by atomic mass is 32.1. The fourth-order valence-corrected chi connectivity index (χ4v) is 3.82. The highest BCUT2D eigenvalue weighted by Crippen LogP contribution is 2.30. The smallest absolute Gasteiger partial charge is 0.275 e. The van der Waals surface area contributed by atoms with Crippen molar-refractivity contribution in [2.75, 3.05) is 12.4 Å². The highest BCUT2D eigenvalue weighted by Gasteiger charge is 2.19. The number of H-pyrrole nitrogens is 1. The first kappa shape index (κ1) is 14.9. The summed E-state index contributed by atoms with van der Waals surface area (Å²) in [6.07, 6.45) is 3.23. The van der Waals surface area contributed by atoms with Gasteiger partial charge in [0.2, 0.25) is 0 Å². The number of amides is 1. The molecule has 7 heteroatoms. The molecule has 0 radical (unpaired) electrons. The van der Waals surface area contributed by atoms with E-state index in [1.807, 2.05) is 24.3 Å². The van der Waals surface area contributed by atoms with Crippen LogP contribution in [0.4, 0.5) is 5.13 Å². The van der Waals surface area contributed by atoms with Crippen molar-refractivity contribution < 1.29 is 9.53 Å². The van der Waals surface area contributed by atoms with Crippen LogP contribution in [0.3, 0.4) is 0 Å². The van der Waals surface area contributed by atoms with Crippen molar-refractivity contribution in [1.82, 2.24) is 15.2 Å². The van der Waals surface area contributed by atoms with Crippen molar-refractivity contribution in [2.45, 2.75) is 19.3 Å². The number of nitrogens with one attached hydrogen (secondary N) is 2. The second kappa shape index (κ2) is 6.09. The zero-order chi connectivity index (χ0) is 16.5. The van der Waals surface area contributed by atoms with Gasteiger partial charge in [-0.1, -0.05) is 12.1 Å². The lowest BCUT2D eigenvalue weighted by atomic mass is 10.1. The summed E-state index contributed by atoms with van der Waals surface area (Å²) in [6, 6.07) is 9.28.